The number of benzene rings is 1. The zero-order chi connectivity index (χ0) is 14.0. The minimum absolute atomic E-state index is 0.217. The molecule has 0 aromatic heterocycles. The molecule has 1 aliphatic heterocycles. The molecule has 1 fully saturated rings. The van der Waals surface area contributed by atoms with Crippen molar-refractivity contribution in [3.8, 4) is 0 Å². The van der Waals surface area contributed by atoms with Crippen molar-refractivity contribution in [2.45, 2.75) is 25.3 Å². The Morgan fingerprint density at radius 3 is 2.47 bits per heavy atom. The van der Waals surface area contributed by atoms with E-state index in [0.717, 1.165) is 12.8 Å². The van der Waals surface area contributed by atoms with Gasteiger partial charge in [-0.05, 0) is 19.3 Å². The van der Waals surface area contributed by atoms with Gasteiger partial charge in [-0.3, -0.25) is 4.79 Å². The van der Waals surface area contributed by atoms with Crippen molar-refractivity contribution in [3.63, 3.8) is 0 Å². The molecule has 0 aliphatic carbocycles. The molecular formula is C13H15F3N2O. The molecule has 2 N–H and O–H groups in total. The molecule has 104 valence electrons. The molecule has 2 rings (SSSR count). The molecule has 19 heavy (non-hydrogen) atoms. The van der Waals surface area contributed by atoms with Crippen LogP contribution in [0, 0.1) is 17.5 Å². The van der Waals surface area contributed by atoms with Crippen molar-refractivity contribution in [1.82, 2.24) is 4.90 Å². The largest absolute Gasteiger partial charge is 0.334 e. The van der Waals surface area contributed by atoms with Gasteiger partial charge in [0.15, 0.2) is 0 Å². The predicted octanol–water partition coefficient (Wildman–Crippen LogP) is 2.06. The first-order chi connectivity index (χ1) is 9.04. The van der Waals surface area contributed by atoms with Crippen molar-refractivity contribution in [1.29, 1.82) is 0 Å². The highest BCUT2D eigenvalue weighted by Crippen LogP contribution is 2.22. The molecule has 6 heteroatoms. The second-order valence-corrected chi connectivity index (χ2v) is 4.63. The van der Waals surface area contributed by atoms with Crippen LogP contribution in [0.1, 0.15) is 29.6 Å². The molecular weight excluding hydrogens is 257 g/mol. The van der Waals surface area contributed by atoms with Gasteiger partial charge in [0.05, 0.1) is 0 Å². The maximum atomic E-state index is 13.6. The van der Waals surface area contributed by atoms with Gasteiger partial charge in [0.25, 0.3) is 5.91 Å². The molecule has 1 aromatic rings. The number of hydrogen-bond acceptors (Lipinski definition) is 2. The fourth-order valence-electron chi connectivity index (χ4n) is 2.40. The van der Waals surface area contributed by atoms with E-state index >= 15 is 0 Å². The molecule has 1 heterocycles. The van der Waals surface area contributed by atoms with E-state index in [4.69, 9.17) is 5.73 Å². The van der Waals surface area contributed by atoms with Crippen LogP contribution in [0.15, 0.2) is 12.1 Å². The number of carbonyl (C=O) groups excluding carboxylic acids is 1. The highest BCUT2D eigenvalue weighted by molar-refractivity contribution is 5.95. The number of likely N-dealkylation sites (tertiary alicyclic amines) is 1. The average molecular weight is 272 g/mol. The SMILES string of the molecule is NCC1CCCCN1C(=O)c1c(F)cc(F)cc1F. The standard InChI is InChI=1S/C13H15F3N2O/c14-8-5-10(15)12(11(16)6-8)13(19)18-4-2-1-3-9(18)7-17/h5-6,9H,1-4,7,17H2. The van der Waals surface area contributed by atoms with Crippen LogP contribution in [0.4, 0.5) is 13.2 Å². The fourth-order valence-corrected chi connectivity index (χ4v) is 2.40. The maximum Gasteiger partial charge on any atom is 0.260 e. The minimum Gasteiger partial charge on any atom is -0.334 e. The summed E-state index contributed by atoms with van der Waals surface area (Å²) < 4.78 is 40.0. The van der Waals surface area contributed by atoms with Crippen LogP contribution in [0.5, 0.6) is 0 Å². The van der Waals surface area contributed by atoms with Crippen molar-refractivity contribution in [3.05, 3.63) is 35.1 Å². The topological polar surface area (TPSA) is 46.3 Å². The van der Waals surface area contributed by atoms with Gasteiger partial charge in [-0.25, -0.2) is 13.2 Å². The van der Waals surface area contributed by atoms with Gasteiger partial charge in [-0.2, -0.15) is 0 Å². The second-order valence-electron chi connectivity index (χ2n) is 4.63. The summed E-state index contributed by atoms with van der Waals surface area (Å²) >= 11 is 0. The van der Waals surface area contributed by atoms with Crippen LogP contribution in [0.25, 0.3) is 0 Å². The first kappa shape index (κ1) is 13.9. The normalized spacial score (nSPS) is 19.6. The Morgan fingerprint density at radius 2 is 1.89 bits per heavy atom. The lowest BCUT2D eigenvalue weighted by Gasteiger charge is -2.35. The molecule has 1 aliphatic rings. The van der Waals surface area contributed by atoms with Crippen LogP contribution in [-0.2, 0) is 0 Å². The molecule has 0 radical (unpaired) electrons. The van der Waals surface area contributed by atoms with Crippen molar-refractivity contribution in [2.24, 2.45) is 5.73 Å². The summed E-state index contributed by atoms with van der Waals surface area (Å²) in [6.07, 6.45) is 2.42. The predicted molar refractivity (Wildman–Crippen MR) is 64.0 cm³/mol. The smallest absolute Gasteiger partial charge is 0.260 e. The number of nitrogens with two attached hydrogens (primary N) is 1. The summed E-state index contributed by atoms with van der Waals surface area (Å²) in [6.45, 7) is 0.660. The highest BCUT2D eigenvalue weighted by atomic mass is 19.1. The first-order valence-corrected chi connectivity index (χ1v) is 6.20. The third kappa shape index (κ3) is 2.73. The molecule has 0 bridgehead atoms. The number of nitrogens with zero attached hydrogens (tertiary/aromatic N) is 1. The summed E-state index contributed by atoms with van der Waals surface area (Å²) in [6, 6.07) is 0.806. The summed E-state index contributed by atoms with van der Waals surface area (Å²) in [5.74, 6) is -4.15. The monoisotopic (exact) mass is 272 g/mol. The van der Waals surface area contributed by atoms with Crippen LogP contribution < -0.4 is 5.73 Å². The molecule has 1 amide bonds. The Morgan fingerprint density at radius 1 is 1.26 bits per heavy atom. The molecule has 1 aromatic carbocycles. The van der Waals surface area contributed by atoms with E-state index in [2.05, 4.69) is 0 Å². The van der Waals surface area contributed by atoms with E-state index in [1.165, 1.54) is 4.90 Å². The van der Waals surface area contributed by atoms with Crippen LogP contribution in [-0.4, -0.2) is 29.9 Å². The quantitative estimate of drug-likeness (QED) is 0.895. The number of rotatable bonds is 2. The molecule has 0 spiro atoms. The van der Waals surface area contributed by atoms with Gasteiger partial charge in [-0.1, -0.05) is 0 Å². The van der Waals surface area contributed by atoms with E-state index in [0.29, 0.717) is 25.1 Å². The van der Waals surface area contributed by atoms with Crippen molar-refractivity contribution >= 4 is 5.91 Å². The van der Waals surface area contributed by atoms with Crippen LogP contribution in [0.3, 0.4) is 0 Å². The average Bonchev–Trinajstić information content (AvgIpc) is 2.37. The number of amides is 1. The lowest BCUT2D eigenvalue weighted by Crippen LogP contribution is -2.47. The molecule has 1 atom stereocenters. The number of halogens is 3. The minimum atomic E-state index is -1.18. The van der Waals surface area contributed by atoms with E-state index in [-0.39, 0.29) is 12.6 Å². The van der Waals surface area contributed by atoms with Crippen LogP contribution in [0.2, 0.25) is 0 Å². The molecule has 3 nitrogen and oxygen atoms in total. The fraction of sp³-hybridized carbons (Fsp3) is 0.462. The summed E-state index contributed by atoms with van der Waals surface area (Å²) in [5, 5.41) is 0. The lowest BCUT2D eigenvalue weighted by molar-refractivity contribution is 0.0613. The number of hydrogen-bond donors (Lipinski definition) is 1. The Labute approximate surface area is 109 Å². The summed E-state index contributed by atoms with van der Waals surface area (Å²) in [4.78, 5) is 13.6. The molecule has 0 saturated carbocycles. The third-order valence-corrected chi connectivity index (χ3v) is 3.38. The van der Waals surface area contributed by atoms with Gasteiger partial charge in [0, 0.05) is 31.3 Å². The molecule has 1 saturated heterocycles. The number of carbonyl (C=O) groups is 1. The summed E-state index contributed by atoms with van der Waals surface area (Å²) in [7, 11) is 0. The Kier molecular flexibility index (Phi) is 4.09. The van der Waals surface area contributed by atoms with Gasteiger partial charge in [-0.15, -0.1) is 0 Å². The first-order valence-electron chi connectivity index (χ1n) is 6.20. The maximum absolute atomic E-state index is 13.6. The zero-order valence-corrected chi connectivity index (χ0v) is 10.3. The van der Waals surface area contributed by atoms with E-state index in [1.54, 1.807) is 0 Å². The Bertz CT molecular complexity index is 470. The van der Waals surface area contributed by atoms with E-state index in [9.17, 15) is 18.0 Å². The third-order valence-electron chi connectivity index (χ3n) is 3.38. The Hall–Kier alpha value is -1.56. The zero-order valence-electron chi connectivity index (χ0n) is 10.3. The number of piperidine rings is 1. The second kappa shape index (κ2) is 5.61. The van der Waals surface area contributed by atoms with Gasteiger partial charge < -0.3 is 10.6 Å². The van der Waals surface area contributed by atoms with Gasteiger partial charge in [0.1, 0.15) is 23.0 Å². The van der Waals surface area contributed by atoms with Gasteiger partial charge in [0.2, 0.25) is 0 Å². The van der Waals surface area contributed by atoms with Gasteiger partial charge >= 0.3 is 0 Å². The highest BCUT2D eigenvalue weighted by Gasteiger charge is 2.30. The molecule has 1 unspecified atom stereocenters. The van der Waals surface area contributed by atoms with Crippen LogP contribution >= 0.6 is 0 Å². The van der Waals surface area contributed by atoms with E-state index < -0.39 is 28.9 Å². The van der Waals surface area contributed by atoms with Crippen molar-refractivity contribution in [2.75, 3.05) is 13.1 Å². The van der Waals surface area contributed by atoms with E-state index in [1.807, 2.05) is 0 Å². The van der Waals surface area contributed by atoms with Crippen molar-refractivity contribution < 1.29 is 18.0 Å². The Balaban J connectivity index is 2.33. The lowest BCUT2D eigenvalue weighted by atomic mass is 10.0. The summed E-state index contributed by atoms with van der Waals surface area (Å²) in [5.41, 5.74) is 4.86.